The van der Waals surface area contributed by atoms with Crippen molar-refractivity contribution in [1.82, 2.24) is 4.98 Å². The zero-order chi connectivity index (χ0) is 13.4. The Kier molecular flexibility index (Phi) is 3.76. The molecule has 0 atom stereocenters. The standard InChI is InChI=1S/C14H9NO4.BrH/c16-8-5-11(17)13-12(6-8)19-7-9(14(13)18)10-3-1-2-4-15-10;/h1-7,16-17H;1H. The molecule has 0 unspecified atom stereocenters. The summed E-state index contributed by atoms with van der Waals surface area (Å²) >= 11 is 0. The van der Waals surface area contributed by atoms with Crippen LogP contribution >= 0.6 is 17.0 Å². The Morgan fingerprint density at radius 3 is 2.65 bits per heavy atom. The van der Waals surface area contributed by atoms with Crippen LogP contribution < -0.4 is 5.43 Å². The lowest BCUT2D eigenvalue weighted by Gasteiger charge is -2.04. The minimum atomic E-state index is -0.391. The van der Waals surface area contributed by atoms with Crippen molar-refractivity contribution in [3.05, 3.63) is 53.0 Å². The maximum absolute atomic E-state index is 12.3. The number of hydrogen-bond donors (Lipinski definition) is 2. The SMILES string of the molecule is Br.O=c1c(-c2ccccn2)coc2cc(O)cc(O)c12. The van der Waals surface area contributed by atoms with Crippen molar-refractivity contribution >= 4 is 28.0 Å². The van der Waals surface area contributed by atoms with Gasteiger partial charge in [-0.3, -0.25) is 9.78 Å². The molecule has 0 fully saturated rings. The number of hydrogen-bond acceptors (Lipinski definition) is 5. The molecule has 2 N–H and O–H groups in total. The van der Waals surface area contributed by atoms with E-state index in [1.54, 1.807) is 24.4 Å². The normalized spacial score (nSPS) is 10.2. The summed E-state index contributed by atoms with van der Waals surface area (Å²) in [5.74, 6) is -0.486. The van der Waals surface area contributed by atoms with Crippen molar-refractivity contribution in [1.29, 1.82) is 0 Å². The van der Waals surface area contributed by atoms with Gasteiger partial charge >= 0.3 is 0 Å². The van der Waals surface area contributed by atoms with Gasteiger partial charge in [0, 0.05) is 18.3 Å². The van der Waals surface area contributed by atoms with Gasteiger partial charge in [-0.15, -0.1) is 17.0 Å². The van der Waals surface area contributed by atoms with E-state index in [2.05, 4.69) is 4.98 Å². The van der Waals surface area contributed by atoms with Crippen LogP contribution in [0.2, 0.25) is 0 Å². The third-order valence-electron chi connectivity index (χ3n) is 2.78. The maximum Gasteiger partial charge on any atom is 0.205 e. The number of nitrogens with zero attached hydrogens (tertiary/aromatic N) is 1. The Morgan fingerprint density at radius 2 is 1.95 bits per heavy atom. The van der Waals surface area contributed by atoms with Crippen molar-refractivity contribution in [3.8, 4) is 22.8 Å². The summed E-state index contributed by atoms with van der Waals surface area (Å²) in [6.45, 7) is 0. The third-order valence-corrected chi connectivity index (χ3v) is 2.78. The molecule has 0 spiro atoms. The van der Waals surface area contributed by atoms with Crippen LogP contribution in [-0.4, -0.2) is 15.2 Å². The number of benzene rings is 1. The highest BCUT2D eigenvalue weighted by Gasteiger charge is 2.14. The van der Waals surface area contributed by atoms with Crippen molar-refractivity contribution in [2.45, 2.75) is 0 Å². The van der Waals surface area contributed by atoms with Gasteiger partial charge in [-0.25, -0.2) is 0 Å². The molecule has 5 nitrogen and oxygen atoms in total. The zero-order valence-corrected chi connectivity index (χ0v) is 11.8. The highest BCUT2D eigenvalue weighted by atomic mass is 79.9. The van der Waals surface area contributed by atoms with Crippen molar-refractivity contribution in [2.24, 2.45) is 0 Å². The molecule has 2 heterocycles. The first-order valence-corrected chi connectivity index (χ1v) is 5.56. The predicted molar refractivity (Wildman–Crippen MR) is 79.4 cm³/mol. The van der Waals surface area contributed by atoms with E-state index >= 15 is 0 Å². The lowest BCUT2D eigenvalue weighted by molar-refractivity contribution is 0.452. The van der Waals surface area contributed by atoms with Crippen LogP contribution in [0.3, 0.4) is 0 Å². The lowest BCUT2D eigenvalue weighted by atomic mass is 10.1. The van der Waals surface area contributed by atoms with E-state index in [9.17, 15) is 15.0 Å². The number of phenolic OH excluding ortho intramolecular Hbond substituents is 2. The van der Waals surface area contributed by atoms with Gasteiger partial charge in [-0.1, -0.05) is 6.07 Å². The first kappa shape index (κ1) is 14.1. The molecular weight excluding hydrogens is 326 g/mol. The van der Waals surface area contributed by atoms with Gasteiger partial charge in [0.25, 0.3) is 0 Å². The largest absolute Gasteiger partial charge is 0.508 e. The average Bonchev–Trinajstić information content (AvgIpc) is 2.39. The highest BCUT2D eigenvalue weighted by molar-refractivity contribution is 8.93. The summed E-state index contributed by atoms with van der Waals surface area (Å²) in [6.07, 6.45) is 2.83. The predicted octanol–water partition coefficient (Wildman–Crippen LogP) is 2.84. The van der Waals surface area contributed by atoms with Crippen LogP contribution in [0.25, 0.3) is 22.2 Å². The molecular formula is C14H10BrNO4. The van der Waals surface area contributed by atoms with Crippen molar-refractivity contribution < 1.29 is 14.6 Å². The van der Waals surface area contributed by atoms with Gasteiger partial charge in [-0.2, -0.15) is 0 Å². The van der Waals surface area contributed by atoms with Gasteiger partial charge in [0.15, 0.2) is 0 Å². The third kappa shape index (κ3) is 2.25. The van der Waals surface area contributed by atoms with Crippen molar-refractivity contribution in [2.75, 3.05) is 0 Å². The molecule has 3 aromatic rings. The topological polar surface area (TPSA) is 83.6 Å². The Morgan fingerprint density at radius 1 is 1.15 bits per heavy atom. The smallest absolute Gasteiger partial charge is 0.205 e. The minimum Gasteiger partial charge on any atom is -0.508 e. The zero-order valence-electron chi connectivity index (χ0n) is 10.1. The fourth-order valence-electron chi connectivity index (χ4n) is 1.92. The molecule has 0 amide bonds. The molecule has 0 aliphatic heterocycles. The summed E-state index contributed by atoms with van der Waals surface area (Å²) in [7, 11) is 0. The van der Waals surface area contributed by atoms with Gasteiger partial charge in [0.1, 0.15) is 28.7 Å². The van der Waals surface area contributed by atoms with Crippen LogP contribution in [0, 0.1) is 0 Å². The Bertz CT molecular complexity index is 815. The lowest BCUT2D eigenvalue weighted by Crippen LogP contribution is -2.05. The van der Waals surface area contributed by atoms with Gasteiger partial charge in [-0.05, 0) is 12.1 Å². The summed E-state index contributed by atoms with van der Waals surface area (Å²) in [5, 5.41) is 19.1. The molecule has 0 bridgehead atoms. The van der Waals surface area contributed by atoms with E-state index in [1.807, 2.05) is 0 Å². The fourth-order valence-corrected chi connectivity index (χ4v) is 1.92. The van der Waals surface area contributed by atoms with E-state index in [-0.39, 0.29) is 45.0 Å². The van der Waals surface area contributed by atoms with Crippen molar-refractivity contribution in [3.63, 3.8) is 0 Å². The van der Waals surface area contributed by atoms with Gasteiger partial charge in [0.05, 0.1) is 11.3 Å². The molecule has 2 aromatic heterocycles. The molecule has 0 aliphatic rings. The number of rotatable bonds is 1. The average molecular weight is 336 g/mol. The number of aromatic hydroxyl groups is 2. The maximum atomic E-state index is 12.3. The molecule has 6 heteroatoms. The second-order valence-corrected chi connectivity index (χ2v) is 4.03. The number of fused-ring (bicyclic) bond motifs is 1. The first-order chi connectivity index (χ1) is 9.16. The molecule has 1 aromatic carbocycles. The monoisotopic (exact) mass is 335 g/mol. The quantitative estimate of drug-likeness (QED) is 0.714. The second kappa shape index (κ2) is 5.34. The summed E-state index contributed by atoms with van der Waals surface area (Å²) < 4.78 is 5.28. The summed E-state index contributed by atoms with van der Waals surface area (Å²) in [5.41, 5.74) is 0.458. The Balaban J connectivity index is 0.00000147. The number of phenols is 2. The van der Waals surface area contributed by atoms with Crippen LogP contribution in [-0.2, 0) is 0 Å². The fraction of sp³-hybridized carbons (Fsp3) is 0. The Hall–Kier alpha value is -2.34. The number of pyridine rings is 1. The Labute approximate surface area is 123 Å². The molecule has 0 aliphatic carbocycles. The van der Waals surface area contributed by atoms with E-state index in [0.717, 1.165) is 6.07 Å². The summed E-state index contributed by atoms with van der Waals surface area (Å²) in [4.78, 5) is 16.4. The van der Waals surface area contributed by atoms with E-state index in [4.69, 9.17) is 4.42 Å². The van der Waals surface area contributed by atoms with E-state index < -0.39 is 5.43 Å². The van der Waals surface area contributed by atoms with Crippen LogP contribution in [0.1, 0.15) is 0 Å². The molecule has 20 heavy (non-hydrogen) atoms. The van der Waals surface area contributed by atoms with E-state index in [0.29, 0.717) is 5.69 Å². The second-order valence-electron chi connectivity index (χ2n) is 4.03. The van der Waals surface area contributed by atoms with Gasteiger partial charge < -0.3 is 14.6 Å². The highest BCUT2D eigenvalue weighted by Crippen LogP contribution is 2.28. The number of aromatic nitrogens is 1. The molecule has 0 radical (unpaired) electrons. The molecule has 102 valence electrons. The first-order valence-electron chi connectivity index (χ1n) is 5.56. The molecule has 3 rings (SSSR count). The van der Waals surface area contributed by atoms with E-state index in [1.165, 1.54) is 12.3 Å². The minimum absolute atomic E-state index is 0. The number of halogens is 1. The van der Waals surface area contributed by atoms with Crippen LogP contribution in [0.5, 0.6) is 11.5 Å². The molecule has 0 saturated carbocycles. The summed E-state index contributed by atoms with van der Waals surface area (Å²) in [6, 6.07) is 7.54. The van der Waals surface area contributed by atoms with Gasteiger partial charge in [0.2, 0.25) is 5.43 Å². The molecule has 0 saturated heterocycles. The van der Waals surface area contributed by atoms with Crippen LogP contribution in [0.4, 0.5) is 0 Å². The van der Waals surface area contributed by atoms with Crippen LogP contribution in [0.15, 0.2) is 52.0 Å².